The zero-order valence-electron chi connectivity index (χ0n) is 20.8. The second-order valence-electron chi connectivity index (χ2n) is 8.77. The van der Waals surface area contributed by atoms with Crippen molar-refractivity contribution in [3.63, 3.8) is 0 Å². The van der Waals surface area contributed by atoms with E-state index < -0.39 is 28.5 Å². The van der Waals surface area contributed by atoms with Gasteiger partial charge in [-0.1, -0.05) is 71.7 Å². The number of rotatable bonds is 10. The fourth-order valence-corrected chi connectivity index (χ4v) is 5.56. The predicted molar refractivity (Wildman–Crippen MR) is 147 cm³/mol. The van der Waals surface area contributed by atoms with Gasteiger partial charge in [-0.15, -0.1) is 0 Å². The minimum atomic E-state index is -4.22. The third kappa shape index (κ3) is 7.25. The minimum absolute atomic E-state index is 0.0148. The smallest absolute Gasteiger partial charge is 0.264 e. The summed E-state index contributed by atoms with van der Waals surface area (Å²) < 4.78 is 28.4. The molecule has 0 aliphatic carbocycles. The molecule has 0 spiro atoms. The van der Waals surface area contributed by atoms with E-state index in [1.807, 2.05) is 44.2 Å². The molecular weight excluding hydrogens is 533 g/mol. The van der Waals surface area contributed by atoms with Gasteiger partial charge in [0.25, 0.3) is 10.0 Å². The lowest BCUT2D eigenvalue weighted by atomic mass is 10.1. The van der Waals surface area contributed by atoms with Gasteiger partial charge in [0.05, 0.1) is 15.6 Å². The zero-order valence-corrected chi connectivity index (χ0v) is 23.1. The molecule has 0 saturated heterocycles. The van der Waals surface area contributed by atoms with Gasteiger partial charge in [-0.05, 0) is 56.7 Å². The number of carbonyl (C=O) groups is 2. The van der Waals surface area contributed by atoms with Crippen LogP contribution in [0.2, 0.25) is 10.0 Å². The second kappa shape index (κ2) is 12.4. The molecule has 1 N–H and O–H groups in total. The maximum absolute atomic E-state index is 13.8. The average molecular weight is 563 g/mol. The SMILES string of the molecule is CC(C)NC(=O)[C@@H](C)N(Cc1ccccc1)C(=O)CN(c1cc(Cl)ccc1Cl)S(=O)(=O)c1ccccc1. The van der Waals surface area contributed by atoms with Crippen LogP contribution in [-0.2, 0) is 26.2 Å². The first-order chi connectivity index (χ1) is 17.5. The summed E-state index contributed by atoms with van der Waals surface area (Å²) in [4.78, 5) is 28.0. The number of halogens is 2. The number of anilines is 1. The topological polar surface area (TPSA) is 86.8 Å². The van der Waals surface area contributed by atoms with Crippen LogP contribution < -0.4 is 9.62 Å². The Morgan fingerprint density at radius 2 is 1.49 bits per heavy atom. The Hall–Kier alpha value is -3.07. The summed E-state index contributed by atoms with van der Waals surface area (Å²) >= 11 is 12.6. The van der Waals surface area contributed by atoms with E-state index in [4.69, 9.17) is 23.2 Å². The summed E-state index contributed by atoms with van der Waals surface area (Å²) in [6.45, 7) is 4.77. The number of hydrogen-bond acceptors (Lipinski definition) is 4. The van der Waals surface area contributed by atoms with Gasteiger partial charge in [0.15, 0.2) is 0 Å². The van der Waals surface area contributed by atoms with Gasteiger partial charge in [0.1, 0.15) is 12.6 Å². The Bertz CT molecular complexity index is 1340. The Balaban J connectivity index is 2.05. The van der Waals surface area contributed by atoms with Crippen molar-refractivity contribution in [3.8, 4) is 0 Å². The van der Waals surface area contributed by atoms with Crippen molar-refractivity contribution in [2.45, 2.75) is 44.3 Å². The molecule has 0 bridgehead atoms. The molecule has 3 rings (SSSR count). The van der Waals surface area contributed by atoms with Crippen LogP contribution in [0, 0.1) is 0 Å². The van der Waals surface area contributed by atoms with E-state index in [-0.39, 0.29) is 39.1 Å². The fraction of sp³-hybridized carbons (Fsp3) is 0.259. The number of amides is 2. The minimum Gasteiger partial charge on any atom is -0.352 e. The number of nitrogens with zero attached hydrogens (tertiary/aromatic N) is 2. The number of carbonyl (C=O) groups excluding carboxylic acids is 2. The lowest BCUT2D eigenvalue weighted by molar-refractivity contribution is -0.139. The molecule has 3 aromatic rings. The first kappa shape index (κ1) is 28.5. The first-order valence-corrected chi connectivity index (χ1v) is 13.9. The monoisotopic (exact) mass is 561 g/mol. The Morgan fingerprint density at radius 1 is 0.892 bits per heavy atom. The van der Waals surface area contributed by atoms with Gasteiger partial charge in [-0.3, -0.25) is 13.9 Å². The van der Waals surface area contributed by atoms with Crippen LogP contribution in [0.4, 0.5) is 5.69 Å². The summed E-state index contributed by atoms with van der Waals surface area (Å²) in [6.07, 6.45) is 0. The van der Waals surface area contributed by atoms with Gasteiger partial charge in [-0.2, -0.15) is 0 Å². The molecule has 7 nitrogen and oxygen atoms in total. The standard InChI is InChI=1S/C27H29Cl2N3O4S/c1-19(2)30-27(34)20(3)31(17-21-10-6-4-7-11-21)26(33)18-32(25-16-22(28)14-15-24(25)29)37(35,36)23-12-8-5-9-13-23/h4-16,19-20H,17-18H2,1-3H3,(H,30,34)/t20-/m1/s1. The molecule has 0 radical (unpaired) electrons. The van der Waals surface area contributed by atoms with E-state index in [0.29, 0.717) is 0 Å². The van der Waals surface area contributed by atoms with Crippen LogP contribution in [0.25, 0.3) is 0 Å². The summed E-state index contributed by atoms with van der Waals surface area (Å²) in [6, 6.07) is 20.3. The van der Waals surface area contributed by atoms with E-state index in [1.165, 1.54) is 35.2 Å². The number of benzene rings is 3. The predicted octanol–water partition coefficient (Wildman–Crippen LogP) is 5.13. The zero-order chi connectivity index (χ0) is 27.2. The van der Waals surface area contributed by atoms with Crippen molar-refractivity contribution in [1.82, 2.24) is 10.2 Å². The van der Waals surface area contributed by atoms with Crippen molar-refractivity contribution >= 4 is 50.7 Å². The highest BCUT2D eigenvalue weighted by molar-refractivity contribution is 7.92. The van der Waals surface area contributed by atoms with E-state index in [2.05, 4.69) is 5.32 Å². The quantitative estimate of drug-likeness (QED) is 0.371. The molecule has 0 fully saturated rings. The summed E-state index contributed by atoms with van der Waals surface area (Å²) in [7, 11) is -4.22. The Morgan fingerprint density at radius 3 is 2.08 bits per heavy atom. The normalized spacial score (nSPS) is 12.2. The third-order valence-corrected chi connectivity index (χ3v) is 7.91. The molecule has 0 aliphatic rings. The van der Waals surface area contributed by atoms with Gasteiger partial charge in [-0.25, -0.2) is 8.42 Å². The molecule has 0 unspecified atom stereocenters. The van der Waals surface area contributed by atoms with Crippen LogP contribution in [0.5, 0.6) is 0 Å². The molecule has 2 amide bonds. The van der Waals surface area contributed by atoms with Crippen molar-refractivity contribution in [2.75, 3.05) is 10.8 Å². The third-order valence-electron chi connectivity index (χ3n) is 5.58. The lowest BCUT2D eigenvalue weighted by Gasteiger charge is -2.32. The Labute approximate surface area is 228 Å². The van der Waals surface area contributed by atoms with Crippen molar-refractivity contribution in [1.29, 1.82) is 0 Å². The summed E-state index contributed by atoms with van der Waals surface area (Å²) in [5, 5.41) is 3.18. The van der Waals surface area contributed by atoms with E-state index >= 15 is 0 Å². The van der Waals surface area contributed by atoms with Crippen molar-refractivity contribution in [2.24, 2.45) is 0 Å². The molecule has 3 aromatic carbocycles. The fourth-order valence-electron chi connectivity index (χ4n) is 3.68. The highest BCUT2D eigenvalue weighted by Gasteiger charge is 2.33. The van der Waals surface area contributed by atoms with Gasteiger partial charge in [0.2, 0.25) is 11.8 Å². The van der Waals surface area contributed by atoms with Crippen LogP contribution in [0.3, 0.4) is 0 Å². The molecule has 0 saturated carbocycles. The van der Waals surface area contributed by atoms with E-state index in [0.717, 1.165) is 9.87 Å². The highest BCUT2D eigenvalue weighted by atomic mass is 35.5. The summed E-state index contributed by atoms with van der Waals surface area (Å²) in [5.74, 6) is -0.927. The lowest BCUT2D eigenvalue weighted by Crippen LogP contribution is -2.52. The molecule has 10 heteroatoms. The Kier molecular flexibility index (Phi) is 9.59. The number of sulfonamides is 1. The van der Waals surface area contributed by atoms with Crippen molar-refractivity contribution < 1.29 is 18.0 Å². The number of nitrogens with one attached hydrogen (secondary N) is 1. The molecule has 0 heterocycles. The van der Waals surface area contributed by atoms with Gasteiger partial charge in [0, 0.05) is 17.6 Å². The molecule has 37 heavy (non-hydrogen) atoms. The molecular formula is C27H29Cl2N3O4S. The summed E-state index contributed by atoms with van der Waals surface area (Å²) in [5.41, 5.74) is 0.851. The van der Waals surface area contributed by atoms with E-state index in [1.54, 1.807) is 25.1 Å². The first-order valence-electron chi connectivity index (χ1n) is 11.7. The molecule has 1 atom stereocenters. The maximum atomic E-state index is 13.8. The van der Waals surface area contributed by atoms with Crippen LogP contribution in [0.1, 0.15) is 26.3 Å². The van der Waals surface area contributed by atoms with Gasteiger partial charge >= 0.3 is 0 Å². The molecule has 0 aromatic heterocycles. The van der Waals surface area contributed by atoms with Crippen LogP contribution >= 0.6 is 23.2 Å². The average Bonchev–Trinajstić information content (AvgIpc) is 2.87. The number of hydrogen-bond donors (Lipinski definition) is 1. The maximum Gasteiger partial charge on any atom is 0.264 e. The van der Waals surface area contributed by atoms with Crippen molar-refractivity contribution in [3.05, 3.63) is 94.5 Å². The highest BCUT2D eigenvalue weighted by Crippen LogP contribution is 2.33. The van der Waals surface area contributed by atoms with Gasteiger partial charge < -0.3 is 10.2 Å². The largest absolute Gasteiger partial charge is 0.352 e. The molecule has 0 aliphatic heterocycles. The second-order valence-corrected chi connectivity index (χ2v) is 11.5. The van der Waals surface area contributed by atoms with Crippen LogP contribution in [0.15, 0.2) is 83.8 Å². The van der Waals surface area contributed by atoms with E-state index in [9.17, 15) is 18.0 Å². The molecule has 196 valence electrons. The van der Waals surface area contributed by atoms with Crippen LogP contribution in [-0.4, -0.2) is 43.8 Å².